The summed E-state index contributed by atoms with van der Waals surface area (Å²) < 4.78 is 45.8. The van der Waals surface area contributed by atoms with E-state index in [1.165, 1.54) is 12.1 Å². The van der Waals surface area contributed by atoms with Crippen molar-refractivity contribution in [2.24, 2.45) is 11.8 Å². The van der Waals surface area contributed by atoms with Crippen molar-refractivity contribution in [1.29, 1.82) is 0 Å². The van der Waals surface area contributed by atoms with E-state index in [9.17, 15) is 13.2 Å². The maximum atomic E-state index is 12.9. The van der Waals surface area contributed by atoms with Crippen molar-refractivity contribution in [3.8, 4) is 11.1 Å². The van der Waals surface area contributed by atoms with E-state index in [2.05, 4.69) is 25.5 Å². The zero-order valence-corrected chi connectivity index (χ0v) is 18.3. The van der Waals surface area contributed by atoms with Gasteiger partial charge in [0.25, 0.3) is 0 Å². The molecule has 1 N–H and O–H groups in total. The highest BCUT2D eigenvalue weighted by Gasteiger charge is 2.43. The van der Waals surface area contributed by atoms with Gasteiger partial charge in [0.15, 0.2) is 11.5 Å². The monoisotopic (exact) mass is 469 g/mol. The number of nitrogens with zero attached hydrogens (tertiary/aromatic N) is 6. The summed E-state index contributed by atoms with van der Waals surface area (Å²) in [4.78, 5) is 11.2. The van der Waals surface area contributed by atoms with Gasteiger partial charge in [0, 0.05) is 30.9 Å². The number of hydrogen-bond acceptors (Lipinski definition) is 7. The third-order valence-corrected chi connectivity index (χ3v) is 6.80. The summed E-state index contributed by atoms with van der Waals surface area (Å²) in [5, 5.41) is 12.0. The maximum Gasteiger partial charge on any atom is 0.416 e. The molecule has 1 saturated carbocycles. The van der Waals surface area contributed by atoms with Crippen molar-refractivity contribution in [3.05, 3.63) is 54.0 Å². The molecule has 0 unspecified atom stereocenters. The number of anilines is 2. The molecule has 176 valence electrons. The molecule has 2 bridgehead atoms. The number of fused-ring (bicyclic) bond motifs is 3. The first-order chi connectivity index (χ1) is 16.3. The van der Waals surface area contributed by atoms with Gasteiger partial charge in [0.05, 0.1) is 5.56 Å². The molecular weight excluding hydrogens is 447 g/mol. The summed E-state index contributed by atoms with van der Waals surface area (Å²) >= 11 is 0. The van der Waals surface area contributed by atoms with Gasteiger partial charge < -0.3 is 14.7 Å². The Hall–Kier alpha value is -3.63. The van der Waals surface area contributed by atoms with Crippen LogP contribution in [0.1, 0.15) is 24.2 Å². The van der Waals surface area contributed by atoms with E-state index in [-0.39, 0.29) is 6.04 Å². The fraction of sp³-hybridized carbons (Fsp3) is 0.391. The minimum Gasteiger partial charge on any atom is -0.349 e. The predicted octanol–water partition coefficient (Wildman–Crippen LogP) is 4.43. The van der Waals surface area contributed by atoms with Gasteiger partial charge in [-0.1, -0.05) is 17.3 Å². The largest absolute Gasteiger partial charge is 0.416 e. The summed E-state index contributed by atoms with van der Waals surface area (Å²) in [6.45, 7) is 3.45. The number of aromatic nitrogens is 5. The number of halogens is 3. The van der Waals surface area contributed by atoms with Crippen molar-refractivity contribution in [2.45, 2.75) is 32.0 Å². The molecule has 3 aromatic heterocycles. The molecule has 11 heteroatoms. The lowest BCUT2D eigenvalue weighted by molar-refractivity contribution is -0.137. The first-order valence-electron chi connectivity index (χ1n) is 11.2. The Morgan fingerprint density at radius 3 is 2.41 bits per heavy atom. The molecule has 6 rings (SSSR count). The van der Waals surface area contributed by atoms with Gasteiger partial charge in [-0.2, -0.15) is 23.1 Å². The van der Waals surface area contributed by atoms with E-state index in [0.29, 0.717) is 40.8 Å². The number of hydrogen-bond donors (Lipinski definition) is 1. The fourth-order valence-corrected chi connectivity index (χ4v) is 5.21. The lowest BCUT2D eigenvalue weighted by atomic mass is 9.92. The molecule has 4 heterocycles. The van der Waals surface area contributed by atoms with E-state index in [4.69, 9.17) is 9.51 Å². The predicted molar refractivity (Wildman–Crippen MR) is 118 cm³/mol. The Labute approximate surface area is 192 Å². The van der Waals surface area contributed by atoms with Gasteiger partial charge in [-0.25, -0.2) is 4.52 Å². The van der Waals surface area contributed by atoms with Gasteiger partial charge in [0.2, 0.25) is 5.95 Å². The minimum atomic E-state index is -4.37. The zero-order chi connectivity index (χ0) is 23.4. The van der Waals surface area contributed by atoms with E-state index >= 15 is 0 Å². The first-order valence-corrected chi connectivity index (χ1v) is 11.2. The summed E-state index contributed by atoms with van der Waals surface area (Å²) in [5.41, 5.74) is 1.29. The number of aryl methyl sites for hydroxylation is 1. The highest BCUT2D eigenvalue weighted by atomic mass is 19.4. The first kappa shape index (κ1) is 20.9. The molecule has 1 aliphatic carbocycles. The summed E-state index contributed by atoms with van der Waals surface area (Å²) in [7, 11) is 0. The highest BCUT2D eigenvalue weighted by molar-refractivity contribution is 5.78. The van der Waals surface area contributed by atoms with Crippen LogP contribution in [-0.4, -0.2) is 43.9 Å². The second-order valence-electron chi connectivity index (χ2n) is 9.00. The molecule has 3 atom stereocenters. The molecule has 34 heavy (non-hydrogen) atoms. The van der Waals surface area contributed by atoms with Crippen LogP contribution in [0.25, 0.3) is 16.8 Å². The number of nitrogens with one attached hydrogen (secondary N) is 1. The van der Waals surface area contributed by atoms with Crippen LogP contribution in [0.3, 0.4) is 0 Å². The number of pyridine rings is 1. The van der Waals surface area contributed by atoms with Crippen molar-refractivity contribution in [2.75, 3.05) is 23.3 Å². The minimum absolute atomic E-state index is 0.229. The number of rotatable bonds is 4. The average Bonchev–Trinajstić information content (AvgIpc) is 3.48. The van der Waals surface area contributed by atoms with Crippen molar-refractivity contribution in [1.82, 2.24) is 24.7 Å². The van der Waals surface area contributed by atoms with Crippen LogP contribution in [-0.2, 0) is 6.18 Å². The summed E-state index contributed by atoms with van der Waals surface area (Å²) in [6, 6.07) is 9.56. The lowest BCUT2D eigenvalue weighted by Crippen LogP contribution is -2.48. The van der Waals surface area contributed by atoms with E-state index in [0.717, 1.165) is 43.6 Å². The van der Waals surface area contributed by atoms with E-state index in [1.807, 2.05) is 19.1 Å². The molecule has 1 aliphatic heterocycles. The molecular formula is C23H22F3N7O. The van der Waals surface area contributed by atoms with Crippen LogP contribution in [0.2, 0.25) is 0 Å². The number of benzene rings is 1. The van der Waals surface area contributed by atoms with Gasteiger partial charge >= 0.3 is 12.2 Å². The Balaban J connectivity index is 1.24. The molecule has 2 fully saturated rings. The Morgan fingerprint density at radius 2 is 1.76 bits per heavy atom. The van der Waals surface area contributed by atoms with Crippen molar-refractivity contribution < 1.29 is 17.7 Å². The molecule has 0 spiro atoms. The molecule has 1 aromatic carbocycles. The second-order valence-corrected chi connectivity index (χ2v) is 9.00. The van der Waals surface area contributed by atoms with Crippen LogP contribution < -0.4 is 10.2 Å². The highest BCUT2D eigenvalue weighted by Crippen LogP contribution is 2.40. The molecule has 1 saturated heterocycles. The van der Waals surface area contributed by atoms with Crippen molar-refractivity contribution >= 4 is 17.6 Å². The normalized spacial score (nSPS) is 22.5. The molecule has 8 nitrogen and oxygen atoms in total. The fourth-order valence-electron chi connectivity index (χ4n) is 5.21. The molecule has 0 amide bonds. The molecule has 0 radical (unpaired) electrons. The standard InChI is InChI=1S/C23H22F3N7O/c1-13-27-22(34-31-13)32-11-15-4-5-16(12-32)19(15)28-21-29-20-18(3-2-10-33(20)30-21)14-6-8-17(9-7-14)23(24,25)26/h2-3,6-10,15-16,19H,4-5,11-12H2,1H3,(H,28,30)/t15-,16+,19-. The Kier molecular flexibility index (Phi) is 4.75. The van der Waals surface area contributed by atoms with Gasteiger partial charge in [-0.05, 0) is 61.4 Å². The smallest absolute Gasteiger partial charge is 0.349 e. The van der Waals surface area contributed by atoms with Crippen LogP contribution >= 0.6 is 0 Å². The quantitative estimate of drug-likeness (QED) is 0.473. The topological polar surface area (TPSA) is 84.4 Å². The number of piperidine rings is 1. The van der Waals surface area contributed by atoms with Gasteiger partial charge in [0.1, 0.15) is 0 Å². The van der Waals surface area contributed by atoms with Gasteiger partial charge in [-0.15, -0.1) is 5.10 Å². The maximum absolute atomic E-state index is 12.9. The SMILES string of the molecule is Cc1noc(N2C[C@H]3CC[C@@H](C2)[C@@H]3Nc2nc3c(-c4ccc(C(F)(F)F)cc4)cccn3n2)n1. The van der Waals surface area contributed by atoms with Crippen LogP contribution in [0.15, 0.2) is 47.1 Å². The van der Waals surface area contributed by atoms with Crippen LogP contribution in [0, 0.1) is 18.8 Å². The van der Waals surface area contributed by atoms with Crippen LogP contribution in [0.5, 0.6) is 0 Å². The zero-order valence-electron chi connectivity index (χ0n) is 18.3. The van der Waals surface area contributed by atoms with Crippen LogP contribution in [0.4, 0.5) is 25.1 Å². The Morgan fingerprint density at radius 1 is 1.03 bits per heavy atom. The second kappa shape index (κ2) is 7.71. The third kappa shape index (κ3) is 3.64. The molecule has 4 aromatic rings. The van der Waals surface area contributed by atoms with E-state index in [1.54, 1.807) is 10.7 Å². The summed E-state index contributed by atoms with van der Waals surface area (Å²) in [5.74, 6) is 1.93. The number of alkyl halides is 3. The molecule has 2 aliphatic rings. The average molecular weight is 469 g/mol. The Bertz CT molecular complexity index is 1320. The summed E-state index contributed by atoms with van der Waals surface area (Å²) in [6.07, 6.45) is -0.393. The van der Waals surface area contributed by atoms with E-state index < -0.39 is 11.7 Å². The van der Waals surface area contributed by atoms with Gasteiger partial charge in [-0.3, -0.25) is 0 Å². The lowest BCUT2D eigenvalue weighted by Gasteiger charge is -2.37. The third-order valence-electron chi connectivity index (χ3n) is 6.80. The van der Waals surface area contributed by atoms with Crippen molar-refractivity contribution in [3.63, 3.8) is 0 Å².